The van der Waals surface area contributed by atoms with Gasteiger partial charge in [0.15, 0.2) is 0 Å². The minimum atomic E-state index is -3.83. The second-order valence-corrected chi connectivity index (χ2v) is 7.97. The summed E-state index contributed by atoms with van der Waals surface area (Å²) in [5.41, 5.74) is 3.14. The molecule has 1 atom stereocenters. The van der Waals surface area contributed by atoms with Crippen LogP contribution in [0.3, 0.4) is 0 Å². The first-order valence-corrected chi connectivity index (χ1v) is 9.75. The predicted molar refractivity (Wildman–Crippen MR) is 101 cm³/mol. The summed E-state index contributed by atoms with van der Waals surface area (Å²) in [5, 5.41) is 0. The van der Waals surface area contributed by atoms with Crippen molar-refractivity contribution in [1.29, 1.82) is 0 Å². The molecule has 5 heteroatoms. The number of sulfonamides is 1. The van der Waals surface area contributed by atoms with Gasteiger partial charge in [0, 0.05) is 0 Å². The van der Waals surface area contributed by atoms with Crippen molar-refractivity contribution < 1.29 is 12.8 Å². The largest absolute Gasteiger partial charge is 0.241 e. The molecular formula is C21H20FNO2S. The Morgan fingerprint density at radius 1 is 0.846 bits per heavy atom. The van der Waals surface area contributed by atoms with Crippen LogP contribution in [0.15, 0.2) is 77.7 Å². The van der Waals surface area contributed by atoms with Crippen LogP contribution in [-0.2, 0) is 10.0 Å². The van der Waals surface area contributed by atoms with Gasteiger partial charge < -0.3 is 0 Å². The number of nitrogens with one attached hydrogen (secondary N) is 1. The summed E-state index contributed by atoms with van der Waals surface area (Å²) in [5.74, 6) is -0.459. The molecule has 0 radical (unpaired) electrons. The van der Waals surface area contributed by atoms with Gasteiger partial charge in [-0.25, -0.2) is 12.8 Å². The van der Waals surface area contributed by atoms with Gasteiger partial charge in [-0.2, -0.15) is 4.72 Å². The summed E-state index contributed by atoms with van der Waals surface area (Å²) in [7, 11) is -3.83. The van der Waals surface area contributed by atoms with Gasteiger partial charge in [-0.1, -0.05) is 60.2 Å². The van der Waals surface area contributed by atoms with Crippen molar-refractivity contribution in [3.8, 4) is 0 Å². The number of rotatable bonds is 5. The molecule has 0 aliphatic heterocycles. The van der Waals surface area contributed by atoms with E-state index in [0.717, 1.165) is 22.8 Å². The van der Waals surface area contributed by atoms with Gasteiger partial charge in [-0.3, -0.25) is 0 Å². The summed E-state index contributed by atoms with van der Waals surface area (Å²) in [6, 6.07) is 20.2. The molecule has 0 heterocycles. The van der Waals surface area contributed by atoms with E-state index in [1.807, 2.05) is 61.5 Å². The Hall–Kier alpha value is -2.50. The topological polar surface area (TPSA) is 46.2 Å². The monoisotopic (exact) mass is 369 g/mol. The maximum absolute atomic E-state index is 13.4. The molecule has 0 amide bonds. The zero-order valence-corrected chi connectivity index (χ0v) is 15.4. The highest BCUT2D eigenvalue weighted by Gasteiger charge is 2.24. The van der Waals surface area contributed by atoms with Gasteiger partial charge in [0.05, 0.1) is 10.9 Å². The van der Waals surface area contributed by atoms with Crippen LogP contribution in [0.5, 0.6) is 0 Å². The molecule has 3 aromatic carbocycles. The lowest BCUT2D eigenvalue weighted by atomic mass is 9.99. The van der Waals surface area contributed by atoms with Crippen LogP contribution in [0.1, 0.15) is 28.3 Å². The van der Waals surface area contributed by atoms with E-state index in [1.165, 1.54) is 12.1 Å². The Morgan fingerprint density at radius 3 is 2.08 bits per heavy atom. The fraction of sp³-hybridized carbons (Fsp3) is 0.143. The van der Waals surface area contributed by atoms with Crippen molar-refractivity contribution >= 4 is 10.0 Å². The molecule has 1 unspecified atom stereocenters. The van der Waals surface area contributed by atoms with Gasteiger partial charge >= 0.3 is 0 Å². The van der Waals surface area contributed by atoms with Crippen LogP contribution >= 0.6 is 0 Å². The highest BCUT2D eigenvalue weighted by atomic mass is 32.2. The van der Waals surface area contributed by atoms with Crippen molar-refractivity contribution in [3.05, 3.63) is 101 Å². The summed E-state index contributed by atoms with van der Waals surface area (Å²) in [6.45, 7) is 3.56. The van der Waals surface area contributed by atoms with Crippen LogP contribution in [-0.4, -0.2) is 8.42 Å². The molecule has 134 valence electrons. The van der Waals surface area contributed by atoms with Gasteiger partial charge in [0.25, 0.3) is 0 Å². The first-order valence-electron chi connectivity index (χ1n) is 8.27. The second-order valence-electron chi connectivity index (χ2n) is 6.29. The zero-order chi connectivity index (χ0) is 18.7. The van der Waals surface area contributed by atoms with E-state index >= 15 is 0 Å². The molecule has 26 heavy (non-hydrogen) atoms. The average Bonchev–Trinajstić information content (AvgIpc) is 2.61. The lowest BCUT2D eigenvalue weighted by Gasteiger charge is -2.21. The molecule has 0 saturated carbocycles. The quantitative estimate of drug-likeness (QED) is 0.719. The Morgan fingerprint density at radius 2 is 1.46 bits per heavy atom. The van der Waals surface area contributed by atoms with E-state index < -0.39 is 21.9 Å². The Labute approximate surface area is 153 Å². The third-order valence-electron chi connectivity index (χ3n) is 4.24. The smallest absolute Gasteiger partial charge is 0.207 e. The van der Waals surface area contributed by atoms with Crippen molar-refractivity contribution in [2.45, 2.75) is 24.8 Å². The molecular weight excluding hydrogens is 349 g/mol. The van der Waals surface area contributed by atoms with Crippen LogP contribution in [0, 0.1) is 19.7 Å². The first-order chi connectivity index (χ1) is 12.4. The molecule has 0 saturated heterocycles. The van der Waals surface area contributed by atoms with Gasteiger partial charge in [0.2, 0.25) is 10.0 Å². The van der Waals surface area contributed by atoms with Crippen LogP contribution < -0.4 is 4.72 Å². The highest BCUT2D eigenvalue weighted by Crippen LogP contribution is 2.26. The van der Waals surface area contributed by atoms with E-state index in [-0.39, 0.29) is 4.90 Å². The Balaban J connectivity index is 2.04. The van der Waals surface area contributed by atoms with Gasteiger partial charge in [-0.05, 0) is 48.7 Å². The van der Waals surface area contributed by atoms with E-state index in [2.05, 4.69) is 4.72 Å². The van der Waals surface area contributed by atoms with Crippen LogP contribution in [0.2, 0.25) is 0 Å². The summed E-state index contributed by atoms with van der Waals surface area (Å²) in [4.78, 5) is 0.0759. The van der Waals surface area contributed by atoms with Gasteiger partial charge in [-0.15, -0.1) is 0 Å². The van der Waals surface area contributed by atoms with E-state index in [1.54, 1.807) is 6.92 Å². The third kappa shape index (κ3) is 4.00. The van der Waals surface area contributed by atoms with Crippen LogP contribution in [0.25, 0.3) is 0 Å². The Kier molecular flexibility index (Phi) is 5.20. The number of benzene rings is 3. The molecule has 0 aliphatic rings. The lowest BCUT2D eigenvalue weighted by Crippen LogP contribution is -2.30. The highest BCUT2D eigenvalue weighted by molar-refractivity contribution is 7.89. The minimum absolute atomic E-state index is 0.0759. The SMILES string of the molecule is Cc1ccc(C(NS(=O)(=O)c2ccc(F)cc2C)c2ccccc2)cc1. The van der Waals surface area contributed by atoms with Crippen LogP contribution in [0.4, 0.5) is 4.39 Å². The minimum Gasteiger partial charge on any atom is -0.207 e. The number of hydrogen-bond acceptors (Lipinski definition) is 2. The standard InChI is InChI=1S/C21H20FNO2S/c1-15-8-10-18(11-9-15)21(17-6-4-3-5-7-17)23-26(24,25)20-13-12-19(22)14-16(20)2/h3-14,21,23H,1-2H3. The fourth-order valence-electron chi connectivity index (χ4n) is 2.87. The van der Waals surface area contributed by atoms with Gasteiger partial charge in [0.1, 0.15) is 5.82 Å². The number of hydrogen-bond donors (Lipinski definition) is 1. The Bertz CT molecular complexity index is 1000. The van der Waals surface area contributed by atoms with Crippen molar-refractivity contribution in [2.24, 2.45) is 0 Å². The zero-order valence-electron chi connectivity index (χ0n) is 14.6. The van der Waals surface area contributed by atoms with E-state index in [0.29, 0.717) is 5.56 Å². The molecule has 0 bridgehead atoms. The number of halogens is 1. The summed E-state index contributed by atoms with van der Waals surface area (Å²) < 4.78 is 42.0. The average molecular weight is 369 g/mol. The van der Waals surface area contributed by atoms with E-state index in [4.69, 9.17) is 0 Å². The molecule has 0 aromatic heterocycles. The third-order valence-corrected chi connectivity index (χ3v) is 5.83. The maximum atomic E-state index is 13.4. The van der Waals surface area contributed by atoms with E-state index in [9.17, 15) is 12.8 Å². The van der Waals surface area contributed by atoms with Crippen molar-refractivity contribution in [3.63, 3.8) is 0 Å². The lowest BCUT2D eigenvalue weighted by molar-refractivity contribution is 0.570. The normalized spacial score (nSPS) is 12.7. The summed E-state index contributed by atoms with van der Waals surface area (Å²) in [6.07, 6.45) is 0. The molecule has 0 aliphatic carbocycles. The molecule has 3 aromatic rings. The molecule has 1 N–H and O–H groups in total. The van der Waals surface area contributed by atoms with Crippen molar-refractivity contribution in [2.75, 3.05) is 0 Å². The fourth-order valence-corrected chi connectivity index (χ4v) is 4.31. The second kappa shape index (κ2) is 7.40. The maximum Gasteiger partial charge on any atom is 0.241 e. The van der Waals surface area contributed by atoms with Crippen molar-refractivity contribution in [1.82, 2.24) is 4.72 Å². The summed E-state index contributed by atoms with van der Waals surface area (Å²) >= 11 is 0. The molecule has 3 rings (SSSR count). The molecule has 0 spiro atoms. The molecule has 3 nitrogen and oxygen atoms in total. The first kappa shape index (κ1) is 18.3. The number of aryl methyl sites for hydroxylation is 2. The molecule has 0 fully saturated rings. The predicted octanol–water partition coefficient (Wildman–Crippen LogP) is 4.51.